The number of phenolic OH excluding ortho intramolecular Hbond substituents is 1. The van der Waals surface area contributed by atoms with E-state index in [0.717, 1.165) is 29.3 Å². The Bertz CT molecular complexity index is 639. The molecule has 2 aliphatic rings. The van der Waals surface area contributed by atoms with Gasteiger partial charge >= 0.3 is 0 Å². The van der Waals surface area contributed by atoms with Gasteiger partial charge in [-0.25, -0.2) is 0 Å². The van der Waals surface area contributed by atoms with Crippen LogP contribution < -0.4 is 0 Å². The van der Waals surface area contributed by atoms with Crippen molar-refractivity contribution >= 4 is 10.9 Å². The lowest BCUT2D eigenvalue weighted by atomic mass is 9.78. The summed E-state index contributed by atoms with van der Waals surface area (Å²) < 4.78 is 6.16. The molecule has 0 bridgehead atoms. The number of aromatic hydroxyl groups is 1. The highest BCUT2D eigenvalue weighted by Crippen LogP contribution is 2.50. The van der Waals surface area contributed by atoms with E-state index in [1.807, 2.05) is 18.3 Å². The minimum absolute atomic E-state index is 0.173. The number of hydrogen-bond acceptors (Lipinski definition) is 3. The van der Waals surface area contributed by atoms with Gasteiger partial charge in [0.2, 0.25) is 0 Å². The van der Waals surface area contributed by atoms with Gasteiger partial charge < -0.3 is 9.84 Å². The Kier molecular flexibility index (Phi) is 2.33. The summed E-state index contributed by atoms with van der Waals surface area (Å²) in [5.41, 5.74) is 3.05. The monoisotopic (exact) mass is 255 g/mol. The molecule has 1 aromatic carbocycles. The number of phenols is 1. The van der Waals surface area contributed by atoms with Crippen LogP contribution in [0.25, 0.3) is 10.9 Å². The van der Waals surface area contributed by atoms with E-state index in [-0.39, 0.29) is 5.60 Å². The van der Waals surface area contributed by atoms with Gasteiger partial charge in [-0.05, 0) is 25.0 Å². The molecule has 0 saturated heterocycles. The van der Waals surface area contributed by atoms with E-state index in [2.05, 4.69) is 4.98 Å². The van der Waals surface area contributed by atoms with Gasteiger partial charge in [-0.1, -0.05) is 25.3 Å². The molecule has 2 heterocycles. The average Bonchev–Trinajstić information content (AvgIpc) is 2.79. The van der Waals surface area contributed by atoms with Gasteiger partial charge in [0.25, 0.3) is 0 Å². The topological polar surface area (TPSA) is 42.4 Å². The molecule has 2 aromatic rings. The molecular weight excluding hydrogens is 238 g/mol. The molecule has 98 valence electrons. The fourth-order valence-electron chi connectivity index (χ4n) is 3.70. The zero-order chi connectivity index (χ0) is 12.9. The van der Waals surface area contributed by atoms with Crippen molar-refractivity contribution in [1.82, 2.24) is 4.98 Å². The fraction of sp³-hybridized carbons (Fsp3) is 0.438. The molecule has 3 heteroatoms. The summed E-state index contributed by atoms with van der Waals surface area (Å²) in [5.74, 6) is 0.331. The van der Waals surface area contributed by atoms with E-state index in [1.165, 1.54) is 24.8 Å². The molecule has 1 spiro atoms. The Morgan fingerprint density at radius 3 is 2.84 bits per heavy atom. The van der Waals surface area contributed by atoms with Crippen molar-refractivity contribution in [3.63, 3.8) is 0 Å². The molecule has 4 rings (SSSR count). The van der Waals surface area contributed by atoms with Crippen LogP contribution in [-0.4, -0.2) is 10.1 Å². The summed E-state index contributed by atoms with van der Waals surface area (Å²) in [6, 6.07) is 5.56. The summed E-state index contributed by atoms with van der Waals surface area (Å²) in [7, 11) is 0. The Labute approximate surface area is 112 Å². The van der Waals surface area contributed by atoms with Crippen molar-refractivity contribution in [2.45, 2.75) is 44.3 Å². The first kappa shape index (κ1) is 11.2. The predicted molar refractivity (Wildman–Crippen MR) is 73.0 cm³/mol. The fourth-order valence-corrected chi connectivity index (χ4v) is 3.70. The van der Waals surface area contributed by atoms with Crippen LogP contribution >= 0.6 is 0 Å². The van der Waals surface area contributed by atoms with Crippen LogP contribution in [-0.2, 0) is 16.9 Å². The molecule has 1 saturated carbocycles. The molecule has 0 amide bonds. The first-order valence-corrected chi connectivity index (χ1v) is 7.04. The average molecular weight is 255 g/mol. The third kappa shape index (κ3) is 1.51. The largest absolute Gasteiger partial charge is 0.507 e. The van der Waals surface area contributed by atoms with Crippen molar-refractivity contribution < 1.29 is 9.84 Å². The summed E-state index contributed by atoms with van der Waals surface area (Å²) in [4.78, 5) is 4.45. The normalized spacial score (nSPS) is 20.8. The van der Waals surface area contributed by atoms with Crippen LogP contribution in [0.1, 0.15) is 43.2 Å². The zero-order valence-corrected chi connectivity index (χ0v) is 10.9. The van der Waals surface area contributed by atoms with Crippen molar-refractivity contribution in [1.29, 1.82) is 0 Å². The lowest BCUT2D eigenvalue weighted by Crippen LogP contribution is -2.28. The highest BCUT2D eigenvalue weighted by atomic mass is 16.5. The van der Waals surface area contributed by atoms with Crippen molar-refractivity contribution in [2.24, 2.45) is 0 Å². The number of ether oxygens (including phenoxy) is 1. The first-order chi connectivity index (χ1) is 9.30. The van der Waals surface area contributed by atoms with Crippen LogP contribution in [0.4, 0.5) is 0 Å². The molecule has 1 N–H and O–H groups in total. The van der Waals surface area contributed by atoms with Crippen molar-refractivity contribution in [3.8, 4) is 5.75 Å². The Morgan fingerprint density at radius 1 is 1.16 bits per heavy atom. The van der Waals surface area contributed by atoms with Crippen LogP contribution in [0.15, 0.2) is 24.4 Å². The number of aromatic nitrogens is 1. The number of pyridine rings is 1. The van der Waals surface area contributed by atoms with Crippen LogP contribution in [0.5, 0.6) is 5.75 Å². The molecule has 0 atom stereocenters. The number of benzene rings is 1. The van der Waals surface area contributed by atoms with E-state index >= 15 is 0 Å². The Hall–Kier alpha value is -1.61. The van der Waals surface area contributed by atoms with Crippen molar-refractivity contribution in [2.75, 3.05) is 0 Å². The van der Waals surface area contributed by atoms with Crippen LogP contribution in [0, 0.1) is 0 Å². The van der Waals surface area contributed by atoms with E-state index in [9.17, 15) is 5.11 Å². The number of rotatable bonds is 0. The van der Waals surface area contributed by atoms with Gasteiger partial charge in [-0.3, -0.25) is 4.98 Å². The highest BCUT2D eigenvalue weighted by molar-refractivity contribution is 5.90. The SMILES string of the molecule is Oc1cccc2ncc3c(c12)C1(CCCCC1)OC3. The third-order valence-corrected chi connectivity index (χ3v) is 4.57. The Morgan fingerprint density at radius 2 is 2.00 bits per heavy atom. The lowest BCUT2D eigenvalue weighted by molar-refractivity contribution is -0.0630. The second-order valence-electron chi connectivity index (χ2n) is 5.67. The molecule has 19 heavy (non-hydrogen) atoms. The zero-order valence-electron chi connectivity index (χ0n) is 10.9. The molecule has 0 radical (unpaired) electrons. The van der Waals surface area contributed by atoms with Gasteiger partial charge in [-0.2, -0.15) is 0 Å². The maximum absolute atomic E-state index is 10.3. The quantitative estimate of drug-likeness (QED) is 0.781. The van der Waals surface area contributed by atoms with Crippen LogP contribution in [0.3, 0.4) is 0 Å². The van der Waals surface area contributed by atoms with E-state index in [1.54, 1.807) is 6.07 Å². The van der Waals surface area contributed by atoms with Crippen molar-refractivity contribution in [3.05, 3.63) is 35.5 Å². The third-order valence-electron chi connectivity index (χ3n) is 4.57. The number of fused-ring (bicyclic) bond motifs is 4. The highest BCUT2D eigenvalue weighted by Gasteiger charge is 2.42. The predicted octanol–water partition coefficient (Wildman–Crippen LogP) is 3.63. The van der Waals surface area contributed by atoms with Gasteiger partial charge in [-0.15, -0.1) is 0 Å². The summed E-state index contributed by atoms with van der Waals surface area (Å²) in [5, 5.41) is 11.2. The smallest absolute Gasteiger partial charge is 0.125 e. The molecule has 3 nitrogen and oxygen atoms in total. The minimum atomic E-state index is -0.173. The van der Waals surface area contributed by atoms with Gasteiger partial charge in [0.1, 0.15) is 5.75 Å². The number of nitrogens with zero attached hydrogens (tertiary/aromatic N) is 1. The van der Waals surface area contributed by atoms with Gasteiger partial charge in [0, 0.05) is 22.7 Å². The van der Waals surface area contributed by atoms with E-state index < -0.39 is 0 Å². The summed E-state index contributed by atoms with van der Waals surface area (Å²) in [6.45, 7) is 0.632. The summed E-state index contributed by atoms with van der Waals surface area (Å²) in [6.07, 6.45) is 7.74. The molecule has 1 aromatic heterocycles. The first-order valence-electron chi connectivity index (χ1n) is 7.04. The molecule has 1 aliphatic heterocycles. The Balaban J connectivity index is 2.03. The molecule has 1 fully saturated rings. The second-order valence-corrected chi connectivity index (χ2v) is 5.67. The van der Waals surface area contributed by atoms with E-state index in [0.29, 0.717) is 12.4 Å². The van der Waals surface area contributed by atoms with Gasteiger partial charge in [0.05, 0.1) is 17.7 Å². The second kappa shape index (κ2) is 3.94. The van der Waals surface area contributed by atoms with Crippen LogP contribution in [0.2, 0.25) is 0 Å². The number of hydrogen-bond donors (Lipinski definition) is 1. The minimum Gasteiger partial charge on any atom is -0.507 e. The standard InChI is InChI=1S/C16H17NO2/c18-13-6-4-5-12-14(13)15-11(9-17-12)10-19-16(15)7-2-1-3-8-16/h4-6,9,18H,1-3,7-8,10H2. The molecular formula is C16H17NO2. The maximum Gasteiger partial charge on any atom is 0.125 e. The lowest BCUT2D eigenvalue weighted by Gasteiger charge is -2.34. The van der Waals surface area contributed by atoms with E-state index in [4.69, 9.17) is 4.74 Å². The maximum atomic E-state index is 10.3. The van der Waals surface area contributed by atoms with Gasteiger partial charge in [0.15, 0.2) is 0 Å². The molecule has 0 unspecified atom stereocenters. The molecule has 1 aliphatic carbocycles. The summed E-state index contributed by atoms with van der Waals surface area (Å²) >= 11 is 0.